The number of hydrogen-bond donors (Lipinski definition) is 2. The molecule has 2 rings (SSSR count). The molecule has 1 unspecified atom stereocenters. The molecule has 0 spiro atoms. The molecule has 2 fully saturated rings. The summed E-state index contributed by atoms with van der Waals surface area (Å²) < 4.78 is 0. The van der Waals surface area contributed by atoms with Gasteiger partial charge >= 0.3 is 5.97 Å². The molecule has 0 aromatic carbocycles. The monoisotopic (exact) mass is 324 g/mol. The molecule has 2 aliphatic rings. The van der Waals surface area contributed by atoms with Crippen molar-refractivity contribution in [1.29, 1.82) is 0 Å². The summed E-state index contributed by atoms with van der Waals surface area (Å²) in [5.74, 6) is -1.38. The molecule has 2 amide bonds. The Hall–Kier alpha value is -1.59. The largest absolute Gasteiger partial charge is 0.481 e. The van der Waals surface area contributed by atoms with Crippen molar-refractivity contribution in [1.82, 2.24) is 10.2 Å². The third-order valence-electron chi connectivity index (χ3n) is 5.53. The number of carbonyl (C=O) groups is 3. The number of carbonyl (C=O) groups excluding carboxylic acids is 2. The molecular formula is C17H28N2O4. The lowest BCUT2D eigenvalue weighted by Crippen LogP contribution is -2.51. The van der Waals surface area contributed by atoms with Crippen LogP contribution in [0.1, 0.15) is 65.2 Å². The molecule has 1 saturated carbocycles. The van der Waals surface area contributed by atoms with E-state index in [2.05, 4.69) is 5.32 Å². The van der Waals surface area contributed by atoms with Crippen LogP contribution >= 0.6 is 0 Å². The van der Waals surface area contributed by atoms with Crippen LogP contribution in [0, 0.1) is 5.92 Å². The van der Waals surface area contributed by atoms with Gasteiger partial charge in [0.2, 0.25) is 11.8 Å². The summed E-state index contributed by atoms with van der Waals surface area (Å²) in [5.41, 5.74) is -0.716. The van der Waals surface area contributed by atoms with Crippen LogP contribution in [0.2, 0.25) is 0 Å². The van der Waals surface area contributed by atoms with E-state index in [0.29, 0.717) is 25.4 Å². The van der Waals surface area contributed by atoms with Crippen molar-refractivity contribution in [2.75, 3.05) is 6.54 Å². The normalized spacial score (nSPS) is 22.6. The minimum Gasteiger partial charge on any atom is -0.481 e. The summed E-state index contributed by atoms with van der Waals surface area (Å²) in [6.45, 7) is 4.25. The number of aliphatic carboxylic acids is 1. The fourth-order valence-electron chi connectivity index (χ4n) is 3.85. The zero-order chi connectivity index (χ0) is 17.0. The molecule has 0 aromatic heterocycles. The molecule has 0 bridgehead atoms. The lowest BCUT2D eigenvalue weighted by molar-refractivity contribution is -0.139. The smallest absolute Gasteiger partial charge is 0.305 e. The molecule has 1 aliphatic carbocycles. The minimum atomic E-state index is -0.913. The van der Waals surface area contributed by atoms with Gasteiger partial charge in [-0.05, 0) is 25.7 Å². The number of rotatable bonds is 7. The van der Waals surface area contributed by atoms with Gasteiger partial charge in [0.25, 0.3) is 0 Å². The van der Waals surface area contributed by atoms with Gasteiger partial charge in [0.1, 0.15) is 0 Å². The van der Waals surface area contributed by atoms with Gasteiger partial charge in [0, 0.05) is 24.5 Å². The van der Waals surface area contributed by atoms with Crippen molar-refractivity contribution in [3.8, 4) is 0 Å². The van der Waals surface area contributed by atoms with E-state index in [1.54, 1.807) is 0 Å². The van der Waals surface area contributed by atoms with Crippen LogP contribution < -0.4 is 5.32 Å². The van der Waals surface area contributed by atoms with E-state index in [1.807, 2.05) is 18.7 Å². The van der Waals surface area contributed by atoms with Gasteiger partial charge in [-0.15, -0.1) is 0 Å². The average Bonchev–Trinajstić information content (AvgIpc) is 3.14. The second-order valence-electron chi connectivity index (χ2n) is 6.93. The molecule has 23 heavy (non-hydrogen) atoms. The zero-order valence-corrected chi connectivity index (χ0v) is 14.1. The summed E-state index contributed by atoms with van der Waals surface area (Å²) in [5, 5.41) is 12.0. The van der Waals surface area contributed by atoms with Crippen molar-refractivity contribution >= 4 is 17.8 Å². The van der Waals surface area contributed by atoms with E-state index in [1.165, 1.54) is 0 Å². The van der Waals surface area contributed by atoms with Gasteiger partial charge < -0.3 is 15.3 Å². The predicted molar refractivity (Wildman–Crippen MR) is 85.8 cm³/mol. The van der Waals surface area contributed by atoms with Crippen molar-refractivity contribution in [2.24, 2.45) is 5.92 Å². The second kappa shape index (κ2) is 7.32. The first-order valence-corrected chi connectivity index (χ1v) is 8.74. The molecule has 130 valence electrons. The van der Waals surface area contributed by atoms with Crippen LogP contribution in [0.4, 0.5) is 0 Å². The average molecular weight is 324 g/mol. The highest BCUT2D eigenvalue weighted by Crippen LogP contribution is 2.30. The third kappa shape index (κ3) is 4.03. The number of likely N-dealkylation sites (tertiary alicyclic amines) is 1. The maximum atomic E-state index is 12.6. The highest BCUT2D eigenvalue weighted by molar-refractivity contribution is 5.90. The van der Waals surface area contributed by atoms with E-state index in [4.69, 9.17) is 5.11 Å². The van der Waals surface area contributed by atoms with Gasteiger partial charge in [-0.25, -0.2) is 0 Å². The summed E-state index contributed by atoms with van der Waals surface area (Å²) in [4.78, 5) is 37.8. The highest BCUT2D eigenvalue weighted by Gasteiger charge is 2.41. The van der Waals surface area contributed by atoms with Crippen molar-refractivity contribution in [3.63, 3.8) is 0 Å². The van der Waals surface area contributed by atoms with Gasteiger partial charge in [0.15, 0.2) is 0 Å². The molecule has 6 heteroatoms. The van der Waals surface area contributed by atoms with Crippen LogP contribution in [-0.4, -0.2) is 45.9 Å². The molecule has 1 saturated heterocycles. The Morgan fingerprint density at radius 3 is 2.39 bits per heavy atom. The molecule has 2 N–H and O–H groups in total. The Morgan fingerprint density at radius 2 is 1.87 bits per heavy atom. The Morgan fingerprint density at radius 1 is 1.26 bits per heavy atom. The second-order valence-corrected chi connectivity index (χ2v) is 6.93. The molecule has 0 radical (unpaired) electrons. The SMILES string of the molecule is CCC(CC)(CC(=O)O)NC(=O)C1CC(=O)N(C2CCCC2)C1. The minimum absolute atomic E-state index is 0.0638. The quantitative estimate of drug-likeness (QED) is 0.749. The topological polar surface area (TPSA) is 86.7 Å². The summed E-state index contributed by atoms with van der Waals surface area (Å²) in [6.07, 6.45) is 5.66. The van der Waals surface area contributed by atoms with Crippen molar-refractivity contribution in [2.45, 2.75) is 76.8 Å². The molecule has 1 aliphatic heterocycles. The molecule has 1 atom stereocenters. The highest BCUT2D eigenvalue weighted by atomic mass is 16.4. The van der Waals surface area contributed by atoms with E-state index in [-0.39, 0.29) is 30.6 Å². The Bertz CT molecular complexity index is 467. The maximum Gasteiger partial charge on any atom is 0.305 e. The standard InChI is InChI=1S/C17H28N2O4/c1-3-17(4-2,10-15(21)22)18-16(23)12-9-14(20)19(11-12)13-7-5-6-8-13/h12-13H,3-11H2,1-2H3,(H,18,23)(H,21,22). The van der Waals surface area contributed by atoms with Crippen molar-refractivity contribution in [3.05, 3.63) is 0 Å². The van der Waals surface area contributed by atoms with Gasteiger partial charge in [0.05, 0.1) is 12.3 Å². The van der Waals surface area contributed by atoms with Gasteiger partial charge in [-0.1, -0.05) is 26.7 Å². The number of carboxylic acids is 1. The Labute approximate surface area is 137 Å². The summed E-state index contributed by atoms with van der Waals surface area (Å²) in [7, 11) is 0. The molecule has 0 aromatic rings. The van der Waals surface area contributed by atoms with Gasteiger partial charge in [-0.3, -0.25) is 14.4 Å². The first kappa shape index (κ1) is 17.8. The van der Waals surface area contributed by atoms with Gasteiger partial charge in [-0.2, -0.15) is 0 Å². The first-order chi connectivity index (χ1) is 10.9. The first-order valence-electron chi connectivity index (χ1n) is 8.74. The zero-order valence-electron chi connectivity index (χ0n) is 14.1. The fraction of sp³-hybridized carbons (Fsp3) is 0.824. The van der Waals surface area contributed by atoms with Crippen LogP contribution in [0.25, 0.3) is 0 Å². The van der Waals surface area contributed by atoms with E-state index in [0.717, 1.165) is 25.7 Å². The molecule has 1 heterocycles. The van der Waals surface area contributed by atoms with E-state index < -0.39 is 11.5 Å². The summed E-state index contributed by atoms with van der Waals surface area (Å²) in [6, 6.07) is 0.293. The molecule has 6 nitrogen and oxygen atoms in total. The van der Waals surface area contributed by atoms with Crippen LogP contribution in [-0.2, 0) is 14.4 Å². The third-order valence-corrected chi connectivity index (χ3v) is 5.53. The summed E-state index contributed by atoms with van der Waals surface area (Å²) >= 11 is 0. The lowest BCUT2D eigenvalue weighted by atomic mass is 9.88. The number of carboxylic acid groups (broad SMARTS) is 1. The van der Waals surface area contributed by atoms with Crippen LogP contribution in [0.3, 0.4) is 0 Å². The number of nitrogens with zero attached hydrogens (tertiary/aromatic N) is 1. The van der Waals surface area contributed by atoms with Crippen molar-refractivity contribution < 1.29 is 19.5 Å². The Kier molecular flexibility index (Phi) is 5.65. The molecular weight excluding hydrogens is 296 g/mol. The predicted octanol–water partition coefficient (Wildman–Crippen LogP) is 1.93. The lowest BCUT2D eigenvalue weighted by Gasteiger charge is -2.32. The number of nitrogens with one attached hydrogen (secondary N) is 1. The maximum absolute atomic E-state index is 12.6. The fourth-order valence-corrected chi connectivity index (χ4v) is 3.85. The number of amides is 2. The number of hydrogen-bond acceptors (Lipinski definition) is 3. The Balaban J connectivity index is 1.99. The van der Waals surface area contributed by atoms with Crippen LogP contribution in [0.5, 0.6) is 0 Å². The van der Waals surface area contributed by atoms with Crippen LogP contribution in [0.15, 0.2) is 0 Å². The van der Waals surface area contributed by atoms with E-state index >= 15 is 0 Å². The van der Waals surface area contributed by atoms with E-state index in [9.17, 15) is 14.4 Å².